The van der Waals surface area contributed by atoms with E-state index in [1.54, 1.807) is 0 Å². The maximum Gasteiger partial charge on any atom is 0.195 e. The number of hydrogen-bond acceptors (Lipinski definition) is 2. The molecule has 2 nitrogen and oxygen atoms in total. The van der Waals surface area contributed by atoms with Gasteiger partial charge in [-0.15, -0.1) is 0 Å². The van der Waals surface area contributed by atoms with E-state index in [0.717, 1.165) is 0 Å². The lowest BCUT2D eigenvalue weighted by atomic mass is 10.0. The summed E-state index contributed by atoms with van der Waals surface area (Å²) < 4.78 is 38.8. The Bertz CT molecular complexity index is 368. The molecule has 1 rings (SSSR count). The van der Waals surface area contributed by atoms with Gasteiger partial charge in [0, 0.05) is 17.7 Å². The van der Waals surface area contributed by atoms with Gasteiger partial charge in [-0.05, 0) is 6.42 Å². The molecule has 0 fully saturated rings. The summed E-state index contributed by atoms with van der Waals surface area (Å²) >= 11 is 0. The first-order chi connectivity index (χ1) is 6.99. The molecule has 0 aliphatic carbocycles. The van der Waals surface area contributed by atoms with E-state index in [2.05, 4.69) is 0 Å². The van der Waals surface area contributed by atoms with Crippen molar-refractivity contribution in [3.8, 4) is 5.75 Å². The number of hydrogen-bond donors (Lipinski definition) is 2. The molecule has 0 aliphatic rings. The van der Waals surface area contributed by atoms with E-state index in [4.69, 9.17) is 5.73 Å². The third-order valence-electron chi connectivity index (χ3n) is 2.15. The Labute approximate surface area is 85.5 Å². The summed E-state index contributed by atoms with van der Waals surface area (Å²) in [5, 5.41) is 9.27. The highest BCUT2D eigenvalue weighted by Gasteiger charge is 2.22. The number of phenols is 1. The molecule has 0 radical (unpaired) electrons. The number of aromatic hydroxyl groups is 1. The van der Waals surface area contributed by atoms with Gasteiger partial charge in [0.05, 0.1) is 0 Å². The first-order valence-corrected chi connectivity index (χ1v) is 4.61. The van der Waals surface area contributed by atoms with E-state index < -0.39 is 29.2 Å². The van der Waals surface area contributed by atoms with Crippen LogP contribution in [0.3, 0.4) is 0 Å². The van der Waals surface area contributed by atoms with Crippen LogP contribution in [0.5, 0.6) is 5.75 Å². The second-order valence-electron chi connectivity index (χ2n) is 3.31. The van der Waals surface area contributed by atoms with Crippen molar-refractivity contribution in [2.45, 2.75) is 25.8 Å². The van der Waals surface area contributed by atoms with E-state index in [9.17, 15) is 18.3 Å². The standard InChI is InChI=1S/C10H12F3NO/c1-2-3-6(14)8-7(15)4-5(11)9(12)10(8)13/h4,6,15H,2-3,14H2,1H3/t6-/m1/s1. The SMILES string of the molecule is CCC[C@@H](N)c1c(O)cc(F)c(F)c1F. The van der Waals surface area contributed by atoms with Crippen molar-refractivity contribution >= 4 is 0 Å². The first-order valence-electron chi connectivity index (χ1n) is 4.61. The van der Waals surface area contributed by atoms with Crippen LogP contribution in [0.1, 0.15) is 31.4 Å². The summed E-state index contributed by atoms with van der Waals surface area (Å²) in [4.78, 5) is 0. The minimum absolute atomic E-state index is 0.365. The summed E-state index contributed by atoms with van der Waals surface area (Å²) in [6.07, 6.45) is 1.04. The topological polar surface area (TPSA) is 46.2 Å². The Hall–Kier alpha value is -1.23. The largest absolute Gasteiger partial charge is 0.507 e. The van der Waals surface area contributed by atoms with Crippen LogP contribution in [0.15, 0.2) is 6.07 Å². The monoisotopic (exact) mass is 219 g/mol. The summed E-state index contributed by atoms with van der Waals surface area (Å²) in [7, 11) is 0. The van der Waals surface area contributed by atoms with Gasteiger partial charge in [-0.2, -0.15) is 0 Å². The van der Waals surface area contributed by atoms with Crippen molar-refractivity contribution in [1.82, 2.24) is 0 Å². The smallest absolute Gasteiger partial charge is 0.195 e. The van der Waals surface area contributed by atoms with Gasteiger partial charge < -0.3 is 10.8 Å². The van der Waals surface area contributed by atoms with Crippen LogP contribution in [0.4, 0.5) is 13.2 Å². The van der Waals surface area contributed by atoms with Crippen LogP contribution in [0.2, 0.25) is 0 Å². The van der Waals surface area contributed by atoms with Crippen molar-refractivity contribution < 1.29 is 18.3 Å². The number of benzene rings is 1. The van der Waals surface area contributed by atoms with Crippen LogP contribution in [0, 0.1) is 17.5 Å². The zero-order valence-electron chi connectivity index (χ0n) is 8.23. The molecule has 0 saturated heterocycles. The van der Waals surface area contributed by atoms with Gasteiger partial charge in [-0.1, -0.05) is 13.3 Å². The summed E-state index contributed by atoms with van der Waals surface area (Å²) in [5.41, 5.74) is 5.17. The van der Waals surface area contributed by atoms with Gasteiger partial charge in [-0.25, -0.2) is 13.2 Å². The molecule has 0 aromatic heterocycles. The Morgan fingerprint density at radius 2 is 1.93 bits per heavy atom. The highest BCUT2D eigenvalue weighted by Crippen LogP contribution is 2.31. The molecule has 3 N–H and O–H groups in total. The predicted molar refractivity (Wildman–Crippen MR) is 49.8 cm³/mol. The quantitative estimate of drug-likeness (QED) is 0.767. The Morgan fingerprint density at radius 1 is 1.33 bits per heavy atom. The highest BCUT2D eigenvalue weighted by molar-refractivity contribution is 5.37. The third-order valence-corrected chi connectivity index (χ3v) is 2.15. The molecule has 1 aromatic rings. The van der Waals surface area contributed by atoms with Crippen molar-refractivity contribution in [2.24, 2.45) is 5.73 Å². The minimum atomic E-state index is -1.60. The van der Waals surface area contributed by atoms with E-state index in [-0.39, 0.29) is 5.56 Å². The second kappa shape index (κ2) is 4.53. The van der Waals surface area contributed by atoms with Gasteiger partial charge in [0.15, 0.2) is 17.5 Å². The van der Waals surface area contributed by atoms with Crippen molar-refractivity contribution in [3.63, 3.8) is 0 Å². The molecule has 0 spiro atoms. The molecular formula is C10H12F3NO. The molecule has 1 aromatic carbocycles. The maximum atomic E-state index is 13.2. The lowest BCUT2D eigenvalue weighted by molar-refractivity contribution is 0.398. The number of rotatable bonds is 3. The van der Waals surface area contributed by atoms with Crippen molar-refractivity contribution in [3.05, 3.63) is 29.1 Å². The van der Waals surface area contributed by atoms with Gasteiger partial charge in [0.2, 0.25) is 0 Å². The Morgan fingerprint density at radius 3 is 2.47 bits per heavy atom. The molecule has 84 valence electrons. The molecule has 0 heterocycles. The van der Waals surface area contributed by atoms with Gasteiger partial charge >= 0.3 is 0 Å². The van der Waals surface area contributed by atoms with Gasteiger partial charge in [0.1, 0.15) is 5.75 Å². The van der Waals surface area contributed by atoms with Gasteiger partial charge in [0.25, 0.3) is 0 Å². The lowest BCUT2D eigenvalue weighted by Crippen LogP contribution is -2.13. The van der Waals surface area contributed by atoms with Crippen LogP contribution in [-0.2, 0) is 0 Å². The zero-order valence-corrected chi connectivity index (χ0v) is 8.23. The number of phenolic OH excluding ortho intramolecular Hbond substituents is 1. The molecule has 0 unspecified atom stereocenters. The van der Waals surface area contributed by atoms with Crippen molar-refractivity contribution in [1.29, 1.82) is 0 Å². The number of halogens is 3. The molecular weight excluding hydrogens is 207 g/mol. The molecule has 1 atom stereocenters. The normalized spacial score (nSPS) is 12.9. The fourth-order valence-corrected chi connectivity index (χ4v) is 1.40. The molecule has 5 heteroatoms. The predicted octanol–water partition coefficient (Wildman–Crippen LogP) is 2.61. The number of nitrogens with two attached hydrogens (primary N) is 1. The minimum Gasteiger partial charge on any atom is -0.507 e. The maximum absolute atomic E-state index is 13.2. The van der Waals surface area contributed by atoms with E-state index in [0.29, 0.717) is 18.9 Å². The summed E-state index contributed by atoms with van der Waals surface area (Å²) in [6, 6.07) is -0.298. The van der Waals surface area contributed by atoms with Crippen molar-refractivity contribution in [2.75, 3.05) is 0 Å². The van der Waals surface area contributed by atoms with Gasteiger partial charge in [-0.3, -0.25) is 0 Å². The fraction of sp³-hybridized carbons (Fsp3) is 0.400. The Kier molecular flexibility index (Phi) is 3.57. The van der Waals surface area contributed by atoms with E-state index in [1.165, 1.54) is 0 Å². The zero-order chi connectivity index (χ0) is 11.6. The first kappa shape index (κ1) is 11.8. The van der Waals surface area contributed by atoms with E-state index in [1.807, 2.05) is 6.92 Å². The highest BCUT2D eigenvalue weighted by atomic mass is 19.2. The molecule has 0 saturated carbocycles. The average Bonchev–Trinajstić information content (AvgIpc) is 2.15. The summed E-state index contributed by atoms with van der Waals surface area (Å²) in [6.45, 7) is 1.81. The molecule has 0 bridgehead atoms. The average molecular weight is 219 g/mol. The Balaban J connectivity index is 3.23. The van der Waals surface area contributed by atoms with E-state index >= 15 is 0 Å². The lowest BCUT2D eigenvalue weighted by Gasteiger charge is -2.14. The fourth-order valence-electron chi connectivity index (χ4n) is 1.40. The molecule has 15 heavy (non-hydrogen) atoms. The third kappa shape index (κ3) is 2.23. The van der Waals surface area contributed by atoms with Crippen LogP contribution < -0.4 is 5.73 Å². The van der Waals surface area contributed by atoms with Crippen LogP contribution in [0.25, 0.3) is 0 Å². The molecule has 0 aliphatic heterocycles. The molecule has 0 amide bonds. The second-order valence-corrected chi connectivity index (χ2v) is 3.31. The summed E-state index contributed by atoms with van der Waals surface area (Å²) in [5.74, 6) is -5.08. The van der Waals surface area contributed by atoms with Crippen LogP contribution >= 0.6 is 0 Å². The van der Waals surface area contributed by atoms with Crippen LogP contribution in [-0.4, -0.2) is 5.11 Å².